The van der Waals surface area contributed by atoms with Gasteiger partial charge >= 0.3 is 0 Å². The summed E-state index contributed by atoms with van der Waals surface area (Å²) in [6, 6.07) is 6.96. The first kappa shape index (κ1) is 7.24. The Labute approximate surface area is 72.7 Å². The van der Waals surface area contributed by atoms with E-state index in [-0.39, 0.29) is 10.4 Å². The molecule has 1 aromatic heterocycles. The lowest BCUT2D eigenvalue weighted by molar-refractivity contribution is 0.557. The number of H-pyrrole nitrogens is 1. The summed E-state index contributed by atoms with van der Waals surface area (Å²) in [6.07, 6.45) is 0. The van der Waals surface area contributed by atoms with Gasteiger partial charge in [0.05, 0.1) is 5.39 Å². The molecule has 0 radical (unpaired) electrons. The second-order valence-corrected chi connectivity index (χ2v) is 2.71. The Balaban J connectivity index is 3.09. The zero-order valence-corrected chi connectivity index (χ0v) is 6.85. The maximum absolute atomic E-state index is 11.2. The quantitative estimate of drug-likeness (QED) is 0.628. The van der Waals surface area contributed by atoms with Crippen LogP contribution in [0.5, 0.6) is 0 Å². The molecule has 2 rings (SSSR count). The van der Waals surface area contributed by atoms with Gasteiger partial charge in [0.15, 0.2) is 0 Å². The van der Waals surface area contributed by atoms with Gasteiger partial charge in [-0.1, -0.05) is 12.1 Å². The molecule has 0 saturated heterocycles. The molecule has 0 amide bonds. The van der Waals surface area contributed by atoms with E-state index in [1.54, 1.807) is 24.3 Å². The third-order valence-electron chi connectivity index (χ3n) is 1.55. The predicted molar refractivity (Wildman–Crippen MR) is 47.7 cm³/mol. The first-order valence-electron chi connectivity index (χ1n) is 3.39. The molecule has 1 N–H and O–H groups in total. The third kappa shape index (κ3) is 1.06. The van der Waals surface area contributed by atoms with E-state index in [0.29, 0.717) is 11.0 Å². The molecule has 2 aromatic rings. The van der Waals surface area contributed by atoms with Crippen molar-refractivity contribution in [2.24, 2.45) is 0 Å². The van der Waals surface area contributed by atoms with Crippen molar-refractivity contribution in [2.75, 3.05) is 0 Å². The van der Waals surface area contributed by atoms with Gasteiger partial charge in [-0.2, -0.15) is 0 Å². The minimum absolute atomic E-state index is 0.110. The van der Waals surface area contributed by atoms with Crippen molar-refractivity contribution in [3.63, 3.8) is 0 Å². The van der Waals surface area contributed by atoms with Crippen molar-refractivity contribution in [1.29, 1.82) is 0 Å². The Morgan fingerprint density at radius 1 is 1.33 bits per heavy atom. The largest absolute Gasteiger partial charge is 0.431 e. The van der Waals surface area contributed by atoms with Crippen LogP contribution in [0.4, 0.5) is 0 Å². The van der Waals surface area contributed by atoms with Crippen LogP contribution in [0.1, 0.15) is 0 Å². The molecule has 0 fully saturated rings. The van der Waals surface area contributed by atoms with Crippen LogP contribution in [0.15, 0.2) is 33.5 Å². The summed E-state index contributed by atoms with van der Waals surface area (Å²) in [7, 11) is 0. The van der Waals surface area contributed by atoms with Crippen molar-refractivity contribution < 1.29 is 4.42 Å². The second-order valence-electron chi connectivity index (χ2n) is 2.34. The minimum Gasteiger partial charge on any atom is -0.431 e. The number of fused-ring (bicyclic) bond motifs is 1. The minimum atomic E-state index is -0.207. The summed E-state index contributed by atoms with van der Waals surface area (Å²) in [4.78, 5) is 13.7. The fraction of sp³-hybridized carbons (Fsp3) is 0. The second kappa shape index (κ2) is 2.57. The van der Waals surface area contributed by atoms with Gasteiger partial charge in [0.2, 0.25) is 0 Å². The summed E-state index contributed by atoms with van der Waals surface area (Å²) >= 11 is 4.70. The number of hydrogen-bond donors (Lipinski definition) is 1. The third-order valence-corrected chi connectivity index (χ3v) is 1.74. The highest BCUT2D eigenvalue weighted by Gasteiger charge is 1.97. The fourth-order valence-electron chi connectivity index (χ4n) is 1.03. The molecule has 4 heteroatoms. The Morgan fingerprint density at radius 2 is 2.08 bits per heavy atom. The molecule has 1 heterocycles. The molecule has 0 unspecified atom stereocenters. The predicted octanol–water partition coefficient (Wildman–Crippen LogP) is 1.85. The molecule has 0 bridgehead atoms. The Morgan fingerprint density at radius 3 is 2.92 bits per heavy atom. The van der Waals surface area contributed by atoms with E-state index in [1.165, 1.54) is 0 Å². The maximum atomic E-state index is 11.2. The van der Waals surface area contributed by atoms with E-state index in [1.807, 2.05) is 0 Å². The maximum Gasteiger partial charge on any atom is 0.269 e. The number of rotatable bonds is 0. The summed E-state index contributed by atoms with van der Waals surface area (Å²) in [5.41, 5.74) is 0.313. The highest BCUT2D eigenvalue weighted by molar-refractivity contribution is 7.71. The molecule has 1 aromatic carbocycles. The topological polar surface area (TPSA) is 46.0 Å². The first-order chi connectivity index (χ1) is 5.77. The van der Waals surface area contributed by atoms with Crippen LogP contribution in [0.25, 0.3) is 11.0 Å². The number of benzene rings is 1. The van der Waals surface area contributed by atoms with Gasteiger partial charge in [-0.15, -0.1) is 0 Å². The van der Waals surface area contributed by atoms with E-state index in [0.717, 1.165) is 0 Å². The van der Waals surface area contributed by atoms with Gasteiger partial charge < -0.3 is 4.42 Å². The molecule has 0 atom stereocenters. The van der Waals surface area contributed by atoms with Crippen LogP contribution in [-0.4, -0.2) is 4.98 Å². The van der Waals surface area contributed by atoms with Crippen molar-refractivity contribution in [3.05, 3.63) is 39.5 Å². The van der Waals surface area contributed by atoms with Gasteiger partial charge in [0.1, 0.15) is 5.58 Å². The highest BCUT2D eigenvalue weighted by atomic mass is 32.1. The van der Waals surface area contributed by atoms with Gasteiger partial charge in [0.25, 0.3) is 10.4 Å². The van der Waals surface area contributed by atoms with Crippen LogP contribution in [0, 0.1) is 4.84 Å². The zero-order valence-electron chi connectivity index (χ0n) is 6.03. The van der Waals surface area contributed by atoms with Crippen LogP contribution in [0.3, 0.4) is 0 Å². The lowest BCUT2D eigenvalue weighted by atomic mass is 10.3. The average Bonchev–Trinajstić information content (AvgIpc) is 2.04. The molecule has 0 saturated carbocycles. The molecular formula is C8H5NO2S. The number of aromatic nitrogens is 1. The Kier molecular flexibility index (Phi) is 1.55. The van der Waals surface area contributed by atoms with Crippen molar-refractivity contribution in [2.45, 2.75) is 0 Å². The van der Waals surface area contributed by atoms with E-state index in [4.69, 9.17) is 16.6 Å². The Hall–Kier alpha value is -1.42. The highest BCUT2D eigenvalue weighted by Crippen LogP contribution is 2.06. The molecule has 3 nitrogen and oxygen atoms in total. The summed E-state index contributed by atoms with van der Waals surface area (Å²) < 4.78 is 5.10. The van der Waals surface area contributed by atoms with Gasteiger partial charge in [-0.3, -0.25) is 9.78 Å². The number of para-hydroxylation sites is 1. The van der Waals surface area contributed by atoms with Crippen molar-refractivity contribution in [1.82, 2.24) is 4.98 Å². The number of aromatic amines is 1. The average molecular weight is 179 g/mol. The molecular weight excluding hydrogens is 174 g/mol. The van der Waals surface area contributed by atoms with Crippen molar-refractivity contribution in [3.8, 4) is 0 Å². The first-order valence-corrected chi connectivity index (χ1v) is 3.80. The van der Waals surface area contributed by atoms with Crippen LogP contribution < -0.4 is 5.56 Å². The Bertz CT molecular complexity index is 526. The summed E-state index contributed by atoms with van der Waals surface area (Å²) in [6.45, 7) is 0. The molecule has 0 aliphatic rings. The zero-order chi connectivity index (χ0) is 8.55. The monoisotopic (exact) mass is 179 g/mol. The van der Waals surface area contributed by atoms with Crippen molar-refractivity contribution >= 4 is 23.2 Å². The molecule has 60 valence electrons. The van der Waals surface area contributed by atoms with Crippen LogP contribution >= 0.6 is 12.2 Å². The smallest absolute Gasteiger partial charge is 0.269 e. The van der Waals surface area contributed by atoms with E-state index in [2.05, 4.69) is 4.98 Å². The van der Waals surface area contributed by atoms with Gasteiger partial charge in [-0.25, -0.2) is 0 Å². The van der Waals surface area contributed by atoms with Crippen LogP contribution in [-0.2, 0) is 0 Å². The molecule has 12 heavy (non-hydrogen) atoms. The SMILES string of the molecule is O=c1[nH]c(=S)oc2ccccc12. The summed E-state index contributed by atoms with van der Waals surface area (Å²) in [5, 5.41) is 0.520. The lowest BCUT2D eigenvalue weighted by Crippen LogP contribution is -2.04. The molecule has 0 aliphatic carbocycles. The summed E-state index contributed by atoms with van der Waals surface area (Å²) in [5.74, 6) is 0. The van der Waals surface area contributed by atoms with Gasteiger partial charge in [0, 0.05) is 0 Å². The standard InChI is InChI=1S/C8H5NO2S/c10-7-5-3-1-2-4-6(5)11-8(12)9-7/h1-4H,(H,9,10,12). The van der Waals surface area contributed by atoms with Gasteiger partial charge in [-0.05, 0) is 24.4 Å². The molecule has 0 aliphatic heterocycles. The fourth-order valence-corrected chi connectivity index (χ4v) is 1.21. The normalized spacial score (nSPS) is 10.3. The van der Waals surface area contributed by atoms with E-state index in [9.17, 15) is 4.79 Å². The number of nitrogens with one attached hydrogen (secondary N) is 1. The molecule has 0 spiro atoms. The van der Waals surface area contributed by atoms with E-state index >= 15 is 0 Å². The number of hydrogen-bond acceptors (Lipinski definition) is 3. The van der Waals surface area contributed by atoms with Crippen LogP contribution in [0.2, 0.25) is 0 Å². The lowest BCUT2D eigenvalue weighted by Gasteiger charge is -1.92. The van der Waals surface area contributed by atoms with E-state index < -0.39 is 0 Å².